The monoisotopic (exact) mass is 343 g/mol. The normalized spacial score (nSPS) is 11.3. The maximum atomic E-state index is 12.1. The van der Waals surface area contributed by atoms with Gasteiger partial charge in [0, 0.05) is 0 Å². The Hall–Kier alpha value is -3.02. The first-order valence-electron chi connectivity index (χ1n) is 7.91. The van der Waals surface area contributed by atoms with Crippen LogP contribution < -0.4 is 14.8 Å². The Labute approximate surface area is 146 Å². The van der Waals surface area contributed by atoms with Gasteiger partial charge in [-0.25, -0.2) is 4.79 Å². The van der Waals surface area contributed by atoms with Crippen molar-refractivity contribution in [2.45, 2.75) is 13.0 Å². The lowest BCUT2D eigenvalue weighted by Gasteiger charge is -2.17. The molecule has 0 bridgehead atoms. The number of benzene rings is 2. The standard InChI is InChI=1S/C19H21NO5/c1-3-24-15-9-11-16(12-10-15)25-13-17(21)20-18(19(22)23-2)14-7-5-4-6-8-14/h4-12,18H,3,13H2,1-2H3,(H,20,21). The molecule has 2 aromatic rings. The van der Waals surface area contributed by atoms with Gasteiger partial charge in [0.25, 0.3) is 5.91 Å². The second-order valence-corrected chi connectivity index (χ2v) is 5.13. The number of nitrogens with one attached hydrogen (secondary N) is 1. The van der Waals surface area contributed by atoms with Crippen LogP contribution in [0.4, 0.5) is 0 Å². The molecule has 2 rings (SSSR count). The highest BCUT2D eigenvalue weighted by Crippen LogP contribution is 2.18. The molecule has 0 aliphatic rings. The number of ether oxygens (including phenoxy) is 3. The predicted molar refractivity (Wildman–Crippen MR) is 92.4 cm³/mol. The van der Waals surface area contributed by atoms with Crippen LogP contribution in [0.1, 0.15) is 18.5 Å². The number of esters is 1. The summed E-state index contributed by atoms with van der Waals surface area (Å²) in [5, 5.41) is 2.62. The van der Waals surface area contributed by atoms with Crippen molar-refractivity contribution >= 4 is 11.9 Å². The van der Waals surface area contributed by atoms with Gasteiger partial charge in [0.05, 0.1) is 13.7 Å². The highest BCUT2D eigenvalue weighted by molar-refractivity contribution is 5.86. The fourth-order valence-corrected chi connectivity index (χ4v) is 2.19. The Morgan fingerprint density at radius 2 is 1.56 bits per heavy atom. The molecule has 25 heavy (non-hydrogen) atoms. The summed E-state index contributed by atoms with van der Waals surface area (Å²) in [5.41, 5.74) is 0.642. The second kappa shape index (κ2) is 9.32. The number of hydrogen-bond donors (Lipinski definition) is 1. The van der Waals surface area contributed by atoms with Crippen molar-refractivity contribution in [1.29, 1.82) is 0 Å². The number of amides is 1. The zero-order chi connectivity index (χ0) is 18.1. The van der Waals surface area contributed by atoms with Gasteiger partial charge in [0.1, 0.15) is 11.5 Å². The van der Waals surface area contributed by atoms with Gasteiger partial charge in [-0.05, 0) is 36.8 Å². The predicted octanol–water partition coefficient (Wildman–Crippen LogP) is 2.49. The van der Waals surface area contributed by atoms with E-state index in [1.807, 2.05) is 13.0 Å². The fourth-order valence-electron chi connectivity index (χ4n) is 2.19. The molecule has 2 aromatic carbocycles. The third-order valence-corrected chi connectivity index (χ3v) is 3.38. The van der Waals surface area contributed by atoms with Crippen LogP contribution in [0.5, 0.6) is 11.5 Å². The van der Waals surface area contributed by atoms with Crippen molar-refractivity contribution in [1.82, 2.24) is 5.32 Å². The minimum Gasteiger partial charge on any atom is -0.494 e. The van der Waals surface area contributed by atoms with Crippen LogP contribution in [-0.2, 0) is 14.3 Å². The van der Waals surface area contributed by atoms with E-state index in [0.717, 1.165) is 5.75 Å². The lowest BCUT2D eigenvalue weighted by atomic mass is 10.1. The fraction of sp³-hybridized carbons (Fsp3) is 0.263. The third-order valence-electron chi connectivity index (χ3n) is 3.38. The van der Waals surface area contributed by atoms with E-state index in [1.54, 1.807) is 48.5 Å². The number of hydrogen-bond acceptors (Lipinski definition) is 5. The topological polar surface area (TPSA) is 73.9 Å². The van der Waals surface area contributed by atoms with Crippen LogP contribution in [0.15, 0.2) is 54.6 Å². The third kappa shape index (κ3) is 5.53. The molecule has 132 valence electrons. The molecule has 0 saturated carbocycles. The summed E-state index contributed by atoms with van der Waals surface area (Å²) in [6.07, 6.45) is 0. The van der Waals surface area contributed by atoms with Gasteiger partial charge in [-0.3, -0.25) is 4.79 Å². The minimum atomic E-state index is -0.873. The number of methoxy groups -OCH3 is 1. The van der Waals surface area contributed by atoms with Crippen molar-refractivity contribution in [3.8, 4) is 11.5 Å². The Kier molecular flexibility index (Phi) is 6.83. The van der Waals surface area contributed by atoms with Gasteiger partial charge in [0.2, 0.25) is 0 Å². The van der Waals surface area contributed by atoms with Crippen molar-refractivity contribution in [3.05, 3.63) is 60.2 Å². The van der Waals surface area contributed by atoms with E-state index in [9.17, 15) is 9.59 Å². The van der Waals surface area contributed by atoms with Gasteiger partial charge < -0.3 is 19.5 Å². The molecule has 0 aliphatic heterocycles. The summed E-state index contributed by atoms with van der Waals surface area (Å²) < 4.78 is 15.5. The van der Waals surface area contributed by atoms with Crippen LogP contribution in [0.25, 0.3) is 0 Å². The molecule has 1 N–H and O–H groups in total. The molecule has 0 radical (unpaired) electrons. The van der Waals surface area contributed by atoms with E-state index in [4.69, 9.17) is 14.2 Å². The van der Waals surface area contributed by atoms with Crippen LogP contribution >= 0.6 is 0 Å². The molecule has 1 amide bonds. The van der Waals surface area contributed by atoms with Crippen LogP contribution in [0, 0.1) is 0 Å². The Balaban J connectivity index is 1.93. The molecule has 0 spiro atoms. The van der Waals surface area contributed by atoms with Gasteiger partial charge in [-0.15, -0.1) is 0 Å². The SMILES string of the molecule is CCOc1ccc(OCC(=O)NC(C(=O)OC)c2ccccc2)cc1. The lowest BCUT2D eigenvalue weighted by Crippen LogP contribution is -2.37. The molecule has 1 unspecified atom stereocenters. The van der Waals surface area contributed by atoms with Crippen molar-refractivity contribution < 1.29 is 23.8 Å². The number of carbonyl (C=O) groups excluding carboxylic acids is 2. The minimum absolute atomic E-state index is 0.214. The van der Waals surface area contributed by atoms with E-state index in [1.165, 1.54) is 7.11 Å². The Bertz CT molecular complexity index is 685. The smallest absolute Gasteiger partial charge is 0.333 e. The molecule has 6 nitrogen and oxygen atoms in total. The highest BCUT2D eigenvalue weighted by Gasteiger charge is 2.23. The summed E-state index contributed by atoms with van der Waals surface area (Å²) in [5.74, 6) is 0.302. The highest BCUT2D eigenvalue weighted by atomic mass is 16.5. The quantitative estimate of drug-likeness (QED) is 0.746. The van der Waals surface area contributed by atoms with Crippen LogP contribution in [-0.4, -0.2) is 32.2 Å². The Morgan fingerprint density at radius 3 is 2.12 bits per heavy atom. The summed E-state index contributed by atoms with van der Waals surface area (Å²) in [7, 11) is 1.28. The van der Waals surface area contributed by atoms with E-state index in [2.05, 4.69) is 5.32 Å². The van der Waals surface area contributed by atoms with Crippen molar-refractivity contribution in [2.24, 2.45) is 0 Å². The molecule has 1 atom stereocenters. The first kappa shape index (κ1) is 18.3. The summed E-state index contributed by atoms with van der Waals surface area (Å²) in [6, 6.07) is 15.0. The molecule has 0 fully saturated rings. The first-order chi connectivity index (χ1) is 12.1. The number of rotatable bonds is 8. The molecule has 0 saturated heterocycles. The van der Waals surface area contributed by atoms with E-state index in [-0.39, 0.29) is 6.61 Å². The van der Waals surface area contributed by atoms with Gasteiger partial charge >= 0.3 is 5.97 Å². The molecule has 0 heterocycles. The summed E-state index contributed by atoms with van der Waals surface area (Å²) in [4.78, 5) is 24.1. The average Bonchev–Trinajstić information content (AvgIpc) is 2.66. The molecule has 0 aromatic heterocycles. The maximum absolute atomic E-state index is 12.1. The average molecular weight is 343 g/mol. The van der Waals surface area contributed by atoms with Crippen LogP contribution in [0.2, 0.25) is 0 Å². The van der Waals surface area contributed by atoms with Crippen molar-refractivity contribution in [2.75, 3.05) is 20.3 Å². The number of carbonyl (C=O) groups is 2. The Morgan fingerprint density at radius 1 is 0.960 bits per heavy atom. The lowest BCUT2D eigenvalue weighted by molar-refractivity contribution is -0.145. The van der Waals surface area contributed by atoms with E-state index >= 15 is 0 Å². The van der Waals surface area contributed by atoms with Gasteiger partial charge in [-0.2, -0.15) is 0 Å². The van der Waals surface area contributed by atoms with E-state index < -0.39 is 17.9 Å². The zero-order valence-electron chi connectivity index (χ0n) is 14.2. The first-order valence-corrected chi connectivity index (χ1v) is 7.91. The van der Waals surface area contributed by atoms with E-state index in [0.29, 0.717) is 17.9 Å². The molecule has 6 heteroatoms. The molecule has 0 aliphatic carbocycles. The van der Waals surface area contributed by atoms with Gasteiger partial charge in [0.15, 0.2) is 12.6 Å². The summed E-state index contributed by atoms with van der Waals surface area (Å²) >= 11 is 0. The molecular formula is C19H21NO5. The summed E-state index contributed by atoms with van der Waals surface area (Å²) in [6.45, 7) is 2.27. The van der Waals surface area contributed by atoms with Crippen LogP contribution in [0.3, 0.4) is 0 Å². The largest absolute Gasteiger partial charge is 0.494 e. The zero-order valence-corrected chi connectivity index (χ0v) is 14.2. The van der Waals surface area contributed by atoms with Gasteiger partial charge in [-0.1, -0.05) is 30.3 Å². The maximum Gasteiger partial charge on any atom is 0.333 e. The van der Waals surface area contributed by atoms with Crippen molar-refractivity contribution in [3.63, 3.8) is 0 Å². The molecular weight excluding hydrogens is 322 g/mol. The second-order valence-electron chi connectivity index (χ2n) is 5.13.